The number of nitrogens with two attached hydrogens (primary N) is 2. The molecule has 4 nitrogen and oxygen atoms in total. The maximum Gasteiger partial charge on any atom is 0.258 e. The van der Waals surface area contributed by atoms with Crippen molar-refractivity contribution in [1.29, 1.82) is 0 Å². The van der Waals surface area contributed by atoms with E-state index in [9.17, 15) is 4.79 Å². The fourth-order valence-electron chi connectivity index (χ4n) is 1.15. The van der Waals surface area contributed by atoms with Gasteiger partial charge in [-0.3, -0.25) is 4.79 Å². The van der Waals surface area contributed by atoms with E-state index in [-0.39, 0.29) is 0 Å². The Bertz CT molecular complexity index is 389. The lowest BCUT2D eigenvalue weighted by Gasteiger charge is -2.11. The predicted molar refractivity (Wildman–Crippen MR) is 66.2 cm³/mol. The van der Waals surface area contributed by atoms with Crippen molar-refractivity contribution in [3.8, 4) is 5.75 Å². The van der Waals surface area contributed by atoms with Crippen LogP contribution in [-0.2, 0) is 11.2 Å². The Morgan fingerprint density at radius 1 is 1.38 bits per heavy atom. The van der Waals surface area contributed by atoms with Crippen LogP contribution in [0.4, 0.5) is 0 Å². The molecule has 86 valence electrons. The number of ether oxygens (including phenoxy) is 1. The Morgan fingerprint density at radius 3 is 2.38 bits per heavy atom. The molecule has 1 atom stereocenters. The molecule has 0 saturated carbocycles. The monoisotopic (exact) mass is 238 g/mol. The quantitative estimate of drug-likeness (QED) is 0.743. The van der Waals surface area contributed by atoms with Crippen molar-refractivity contribution in [3.05, 3.63) is 29.8 Å². The van der Waals surface area contributed by atoms with Crippen LogP contribution in [0.3, 0.4) is 0 Å². The van der Waals surface area contributed by atoms with Crippen LogP contribution in [0.2, 0.25) is 0 Å². The Morgan fingerprint density at radius 2 is 1.94 bits per heavy atom. The van der Waals surface area contributed by atoms with E-state index < -0.39 is 12.0 Å². The van der Waals surface area contributed by atoms with Crippen LogP contribution >= 0.6 is 12.2 Å². The number of carbonyl (C=O) groups is 1. The van der Waals surface area contributed by atoms with Gasteiger partial charge in [-0.25, -0.2) is 0 Å². The van der Waals surface area contributed by atoms with Crippen molar-refractivity contribution >= 4 is 23.1 Å². The van der Waals surface area contributed by atoms with Gasteiger partial charge in [-0.1, -0.05) is 24.4 Å². The minimum atomic E-state index is -0.638. The van der Waals surface area contributed by atoms with Crippen molar-refractivity contribution in [3.63, 3.8) is 0 Å². The second-order valence-electron chi connectivity index (χ2n) is 3.45. The Kier molecular flexibility index (Phi) is 4.25. The highest BCUT2D eigenvalue weighted by Gasteiger charge is 2.09. The molecule has 0 fully saturated rings. The van der Waals surface area contributed by atoms with Gasteiger partial charge in [0.1, 0.15) is 5.75 Å². The van der Waals surface area contributed by atoms with Gasteiger partial charge in [-0.2, -0.15) is 0 Å². The standard InChI is InChI=1S/C11H14N2O2S/c1-7(11(13)14)15-9-4-2-8(3-5-9)6-10(12)16/h2-5,7H,6H2,1H3,(H2,12,16)(H2,13,14). The minimum Gasteiger partial charge on any atom is -0.481 e. The smallest absolute Gasteiger partial charge is 0.258 e. The van der Waals surface area contributed by atoms with E-state index in [0.29, 0.717) is 17.2 Å². The van der Waals surface area contributed by atoms with E-state index in [4.69, 9.17) is 28.4 Å². The first-order valence-electron chi connectivity index (χ1n) is 4.82. The zero-order valence-electron chi connectivity index (χ0n) is 8.97. The van der Waals surface area contributed by atoms with Crippen LogP contribution in [-0.4, -0.2) is 17.0 Å². The summed E-state index contributed by atoms with van der Waals surface area (Å²) in [5.74, 6) is 0.102. The maximum absolute atomic E-state index is 10.8. The van der Waals surface area contributed by atoms with Gasteiger partial charge < -0.3 is 16.2 Å². The van der Waals surface area contributed by atoms with Crippen LogP contribution in [0.25, 0.3) is 0 Å². The largest absolute Gasteiger partial charge is 0.481 e. The van der Waals surface area contributed by atoms with Crippen molar-refractivity contribution in [2.45, 2.75) is 19.4 Å². The first kappa shape index (κ1) is 12.4. The maximum atomic E-state index is 10.8. The van der Waals surface area contributed by atoms with Crippen molar-refractivity contribution in [2.24, 2.45) is 11.5 Å². The summed E-state index contributed by atoms with van der Waals surface area (Å²) in [6.45, 7) is 1.60. The fourth-order valence-corrected chi connectivity index (χ4v) is 1.32. The topological polar surface area (TPSA) is 78.3 Å². The minimum absolute atomic E-state index is 0.444. The molecule has 0 radical (unpaired) electrons. The number of amides is 1. The molecule has 16 heavy (non-hydrogen) atoms. The van der Waals surface area contributed by atoms with E-state index in [2.05, 4.69) is 0 Å². The van der Waals surface area contributed by atoms with Gasteiger partial charge in [0, 0.05) is 6.42 Å². The average molecular weight is 238 g/mol. The summed E-state index contributed by atoms with van der Waals surface area (Å²) in [4.78, 5) is 11.2. The lowest BCUT2D eigenvalue weighted by molar-refractivity contribution is -0.123. The molecule has 1 rings (SSSR count). The zero-order chi connectivity index (χ0) is 12.1. The first-order valence-corrected chi connectivity index (χ1v) is 5.23. The predicted octanol–water partition coefficient (Wildman–Crippen LogP) is 0.768. The first-order chi connectivity index (χ1) is 7.49. The summed E-state index contributed by atoms with van der Waals surface area (Å²) in [6.07, 6.45) is -0.0810. The highest BCUT2D eigenvalue weighted by atomic mass is 32.1. The number of hydrogen-bond acceptors (Lipinski definition) is 3. The van der Waals surface area contributed by atoms with Crippen molar-refractivity contribution < 1.29 is 9.53 Å². The molecule has 0 aromatic heterocycles. The molecule has 0 aliphatic heterocycles. The molecular formula is C11H14N2O2S. The molecule has 0 bridgehead atoms. The second kappa shape index (κ2) is 5.46. The molecule has 5 heteroatoms. The Balaban J connectivity index is 2.64. The van der Waals surface area contributed by atoms with Gasteiger partial charge in [0.15, 0.2) is 6.10 Å². The lowest BCUT2D eigenvalue weighted by Crippen LogP contribution is -2.30. The molecule has 1 unspecified atom stereocenters. The van der Waals surface area contributed by atoms with Gasteiger partial charge in [0.05, 0.1) is 4.99 Å². The van der Waals surface area contributed by atoms with E-state index in [1.807, 2.05) is 12.1 Å². The highest BCUT2D eigenvalue weighted by molar-refractivity contribution is 7.80. The molecule has 0 aliphatic carbocycles. The van der Waals surface area contributed by atoms with Gasteiger partial charge in [-0.05, 0) is 24.6 Å². The summed E-state index contributed by atoms with van der Waals surface area (Å²) in [5.41, 5.74) is 11.5. The lowest BCUT2D eigenvalue weighted by atomic mass is 10.1. The average Bonchev–Trinajstić information content (AvgIpc) is 2.20. The molecule has 0 spiro atoms. The van der Waals surface area contributed by atoms with Gasteiger partial charge in [-0.15, -0.1) is 0 Å². The number of benzene rings is 1. The highest BCUT2D eigenvalue weighted by Crippen LogP contribution is 2.14. The van der Waals surface area contributed by atoms with Crippen LogP contribution in [0.15, 0.2) is 24.3 Å². The SMILES string of the molecule is CC(Oc1ccc(CC(N)=S)cc1)C(N)=O. The molecule has 1 aromatic carbocycles. The zero-order valence-corrected chi connectivity index (χ0v) is 9.79. The third-order valence-corrected chi connectivity index (χ3v) is 2.16. The number of primary amides is 1. The molecule has 1 amide bonds. The van der Waals surface area contributed by atoms with Gasteiger partial charge in [0.2, 0.25) is 0 Å². The summed E-state index contributed by atoms with van der Waals surface area (Å²) < 4.78 is 5.30. The molecule has 1 aromatic rings. The third-order valence-electron chi connectivity index (χ3n) is 2.02. The Labute approximate surface area is 99.6 Å². The van der Waals surface area contributed by atoms with E-state index in [1.165, 1.54) is 0 Å². The Hall–Kier alpha value is -1.62. The molecule has 0 aliphatic rings. The van der Waals surface area contributed by atoms with Crippen LogP contribution in [0.5, 0.6) is 5.75 Å². The summed E-state index contributed by atoms with van der Waals surface area (Å²) in [7, 11) is 0. The van der Waals surface area contributed by atoms with Crippen LogP contribution in [0, 0.1) is 0 Å². The fraction of sp³-hybridized carbons (Fsp3) is 0.273. The van der Waals surface area contributed by atoms with Gasteiger partial charge in [0.25, 0.3) is 5.91 Å². The summed E-state index contributed by atoms with van der Waals surface area (Å²) >= 11 is 4.80. The van der Waals surface area contributed by atoms with E-state index >= 15 is 0 Å². The van der Waals surface area contributed by atoms with Crippen LogP contribution in [0.1, 0.15) is 12.5 Å². The molecule has 0 heterocycles. The van der Waals surface area contributed by atoms with E-state index in [1.54, 1.807) is 19.1 Å². The molecule has 0 saturated heterocycles. The summed E-state index contributed by atoms with van der Waals surface area (Å²) in [5, 5.41) is 0. The number of rotatable bonds is 5. The normalized spacial score (nSPS) is 11.8. The number of carbonyl (C=O) groups excluding carboxylic acids is 1. The van der Waals surface area contributed by atoms with Gasteiger partial charge >= 0.3 is 0 Å². The molecular weight excluding hydrogens is 224 g/mol. The number of thiocarbonyl (C=S) groups is 1. The van der Waals surface area contributed by atoms with E-state index in [0.717, 1.165) is 5.56 Å². The van der Waals surface area contributed by atoms with Crippen molar-refractivity contribution in [1.82, 2.24) is 0 Å². The van der Waals surface area contributed by atoms with Crippen molar-refractivity contribution in [2.75, 3.05) is 0 Å². The second-order valence-corrected chi connectivity index (χ2v) is 3.97. The number of hydrogen-bond donors (Lipinski definition) is 2. The third kappa shape index (κ3) is 3.86. The summed E-state index contributed by atoms with van der Waals surface area (Å²) in [6, 6.07) is 7.21. The van der Waals surface area contributed by atoms with Crippen LogP contribution < -0.4 is 16.2 Å². The molecule has 4 N–H and O–H groups in total.